The van der Waals surface area contributed by atoms with E-state index in [4.69, 9.17) is 5.73 Å². The molecule has 1 aromatic heterocycles. The number of hydrogen-bond donors (Lipinski definition) is 1. The average molecular weight is 245 g/mol. The summed E-state index contributed by atoms with van der Waals surface area (Å²) in [5, 5.41) is 0. The second-order valence-corrected chi connectivity index (χ2v) is 5.74. The molecule has 0 fully saturated rings. The van der Waals surface area contributed by atoms with Crippen molar-refractivity contribution in [1.29, 1.82) is 0 Å². The van der Waals surface area contributed by atoms with Crippen LogP contribution in [0.4, 0.5) is 0 Å². The number of rotatable bonds is 4. The Morgan fingerprint density at radius 2 is 1.82 bits per heavy atom. The van der Waals surface area contributed by atoms with E-state index in [0.717, 1.165) is 6.42 Å². The number of thiophene rings is 1. The monoisotopic (exact) mass is 245 g/mol. The van der Waals surface area contributed by atoms with E-state index < -0.39 is 0 Å². The van der Waals surface area contributed by atoms with E-state index in [-0.39, 0.29) is 6.04 Å². The predicted octanol–water partition coefficient (Wildman–Crippen LogP) is 4.06. The van der Waals surface area contributed by atoms with Gasteiger partial charge in [-0.3, -0.25) is 0 Å². The highest BCUT2D eigenvalue weighted by molar-refractivity contribution is 7.12. The molecule has 2 rings (SSSR count). The van der Waals surface area contributed by atoms with Crippen molar-refractivity contribution in [2.45, 2.75) is 32.7 Å². The molecule has 90 valence electrons. The lowest BCUT2D eigenvalue weighted by Gasteiger charge is -2.10. The molecule has 0 bridgehead atoms. The van der Waals surface area contributed by atoms with Gasteiger partial charge in [-0.1, -0.05) is 37.6 Å². The van der Waals surface area contributed by atoms with Crippen molar-refractivity contribution in [2.24, 2.45) is 5.73 Å². The van der Waals surface area contributed by atoms with Crippen LogP contribution in [0.3, 0.4) is 0 Å². The first-order valence-corrected chi connectivity index (χ1v) is 6.93. The van der Waals surface area contributed by atoms with Crippen molar-refractivity contribution in [3.63, 3.8) is 0 Å². The van der Waals surface area contributed by atoms with Crippen molar-refractivity contribution in [3.05, 3.63) is 57.3 Å². The summed E-state index contributed by atoms with van der Waals surface area (Å²) in [6.07, 6.45) is 2.34. The molecule has 2 aromatic rings. The van der Waals surface area contributed by atoms with Crippen LogP contribution in [-0.2, 0) is 6.42 Å². The lowest BCUT2D eigenvalue weighted by Crippen LogP contribution is -2.09. The van der Waals surface area contributed by atoms with Gasteiger partial charge in [0.15, 0.2) is 0 Å². The third kappa shape index (κ3) is 2.96. The summed E-state index contributed by atoms with van der Waals surface area (Å²) in [5.41, 5.74) is 8.86. The summed E-state index contributed by atoms with van der Waals surface area (Å²) in [4.78, 5) is 2.56. The van der Waals surface area contributed by atoms with E-state index in [1.807, 2.05) is 0 Å². The molecule has 0 saturated heterocycles. The Morgan fingerprint density at radius 3 is 2.35 bits per heavy atom. The SMILES string of the molecule is CCCc1ccc(C(N)c2ccc(C)s2)cc1. The summed E-state index contributed by atoms with van der Waals surface area (Å²) < 4.78 is 0. The Morgan fingerprint density at radius 1 is 1.12 bits per heavy atom. The number of aryl methyl sites for hydroxylation is 2. The molecule has 0 saturated carbocycles. The predicted molar refractivity (Wildman–Crippen MR) is 75.5 cm³/mol. The molecule has 1 unspecified atom stereocenters. The highest BCUT2D eigenvalue weighted by Crippen LogP contribution is 2.26. The second-order valence-electron chi connectivity index (χ2n) is 4.42. The maximum absolute atomic E-state index is 6.26. The summed E-state index contributed by atoms with van der Waals surface area (Å²) >= 11 is 1.78. The van der Waals surface area contributed by atoms with E-state index in [1.54, 1.807) is 11.3 Å². The van der Waals surface area contributed by atoms with Crippen molar-refractivity contribution in [2.75, 3.05) is 0 Å². The Labute approximate surface area is 107 Å². The Balaban J connectivity index is 2.16. The fourth-order valence-electron chi connectivity index (χ4n) is 1.97. The highest BCUT2D eigenvalue weighted by atomic mass is 32.1. The third-order valence-corrected chi connectivity index (χ3v) is 4.03. The zero-order valence-electron chi connectivity index (χ0n) is 10.4. The van der Waals surface area contributed by atoms with E-state index in [0.29, 0.717) is 0 Å². The minimum absolute atomic E-state index is 0.0179. The van der Waals surface area contributed by atoms with Crippen LogP contribution in [0.1, 0.15) is 40.3 Å². The molecule has 0 spiro atoms. The highest BCUT2D eigenvalue weighted by Gasteiger charge is 2.10. The lowest BCUT2D eigenvalue weighted by atomic mass is 10.0. The largest absolute Gasteiger partial charge is 0.320 e. The molecule has 2 heteroatoms. The molecule has 2 N–H and O–H groups in total. The van der Waals surface area contributed by atoms with Crippen LogP contribution in [0.5, 0.6) is 0 Å². The van der Waals surface area contributed by atoms with Crippen LogP contribution in [0.25, 0.3) is 0 Å². The average Bonchev–Trinajstić information content (AvgIpc) is 2.76. The van der Waals surface area contributed by atoms with Gasteiger partial charge in [-0.05, 0) is 36.6 Å². The van der Waals surface area contributed by atoms with Crippen LogP contribution in [-0.4, -0.2) is 0 Å². The van der Waals surface area contributed by atoms with Crippen LogP contribution < -0.4 is 5.73 Å². The number of benzene rings is 1. The first kappa shape index (κ1) is 12.3. The number of nitrogens with two attached hydrogens (primary N) is 1. The molecule has 0 aliphatic heterocycles. The first-order valence-electron chi connectivity index (χ1n) is 6.11. The Hall–Kier alpha value is -1.12. The van der Waals surface area contributed by atoms with Gasteiger partial charge in [0.2, 0.25) is 0 Å². The molecule has 0 amide bonds. The standard InChI is InChI=1S/C15H19NS/c1-3-4-12-6-8-13(9-7-12)15(16)14-10-5-11(2)17-14/h5-10,15H,3-4,16H2,1-2H3. The summed E-state index contributed by atoms with van der Waals surface area (Å²) in [6, 6.07) is 13.0. The molecule has 1 nitrogen and oxygen atoms in total. The summed E-state index contributed by atoms with van der Waals surface area (Å²) in [5.74, 6) is 0. The maximum Gasteiger partial charge on any atom is 0.0646 e. The van der Waals surface area contributed by atoms with E-state index in [2.05, 4.69) is 50.2 Å². The van der Waals surface area contributed by atoms with Crippen LogP contribution in [0.15, 0.2) is 36.4 Å². The Bertz CT molecular complexity index is 470. The van der Waals surface area contributed by atoms with Crippen molar-refractivity contribution in [1.82, 2.24) is 0 Å². The van der Waals surface area contributed by atoms with Gasteiger partial charge in [0.1, 0.15) is 0 Å². The van der Waals surface area contributed by atoms with E-state index in [1.165, 1.54) is 27.3 Å². The summed E-state index contributed by atoms with van der Waals surface area (Å²) in [6.45, 7) is 4.32. The number of hydrogen-bond acceptors (Lipinski definition) is 2. The fraction of sp³-hybridized carbons (Fsp3) is 0.333. The molecular weight excluding hydrogens is 226 g/mol. The van der Waals surface area contributed by atoms with Crippen LogP contribution in [0.2, 0.25) is 0 Å². The molecule has 17 heavy (non-hydrogen) atoms. The lowest BCUT2D eigenvalue weighted by molar-refractivity contribution is 0.883. The molecule has 0 radical (unpaired) electrons. The first-order chi connectivity index (χ1) is 8.20. The van der Waals surface area contributed by atoms with E-state index in [9.17, 15) is 0 Å². The van der Waals surface area contributed by atoms with Gasteiger partial charge < -0.3 is 5.73 Å². The fourth-order valence-corrected chi connectivity index (χ4v) is 2.87. The maximum atomic E-state index is 6.26. The van der Waals surface area contributed by atoms with Gasteiger partial charge in [0, 0.05) is 9.75 Å². The Kier molecular flexibility index (Phi) is 3.97. The normalized spacial score (nSPS) is 12.6. The zero-order valence-corrected chi connectivity index (χ0v) is 11.3. The van der Waals surface area contributed by atoms with Gasteiger partial charge in [0.05, 0.1) is 6.04 Å². The van der Waals surface area contributed by atoms with Gasteiger partial charge in [-0.15, -0.1) is 11.3 Å². The van der Waals surface area contributed by atoms with Gasteiger partial charge in [-0.2, -0.15) is 0 Å². The topological polar surface area (TPSA) is 26.0 Å². The zero-order chi connectivity index (χ0) is 12.3. The smallest absolute Gasteiger partial charge is 0.0646 e. The van der Waals surface area contributed by atoms with Gasteiger partial charge in [-0.25, -0.2) is 0 Å². The van der Waals surface area contributed by atoms with Crippen molar-refractivity contribution < 1.29 is 0 Å². The minimum atomic E-state index is 0.0179. The van der Waals surface area contributed by atoms with Crippen molar-refractivity contribution >= 4 is 11.3 Å². The molecule has 1 atom stereocenters. The second kappa shape index (κ2) is 5.48. The van der Waals surface area contributed by atoms with E-state index >= 15 is 0 Å². The van der Waals surface area contributed by atoms with Gasteiger partial charge in [0.25, 0.3) is 0 Å². The molecule has 1 heterocycles. The molecule has 0 aliphatic rings. The minimum Gasteiger partial charge on any atom is -0.320 e. The molecule has 1 aromatic carbocycles. The van der Waals surface area contributed by atoms with Gasteiger partial charge >= 0.3 is 0 Å². The molecular formula is C15H19NS. The summed E-state index contributed by atoms with van der Waals surface area (Å²) in [7, 11) is 0. The molecule has 0 aliphatic carbocycles. The van der Waals surface area contributed by atoms with Crippen molar-refractivity contribution in [3.8, 4) is 0 Å². The quantitative estimate of drug-likeness (QED) is 0.863. The third-order valence-electron chi connectivity index (χ3n) is 2.95. The van der Waals surface area contributed by atoms with Crippen LogP contribution in [0, 0.1) is 6.92 Å². The van der Waals surface area contributed by atoms with Crippen LogP contribution >= 0.6 is 11.3 Å².